The summed E-state index contributed by atoms with van der Waals surface area (Å²) in [6.07, 6.45) is 6.86. The molecule has 0 N–H and O–H groups in total. The van der Waals surface area contributed by atoms with Crippen molar-refractivity contribution in [3.63, 3.8) is 0 Å². The molecule has 0 radical (unpaired) electrons. The number of aromatic nitrogens is 2. The van der Waals surface area contributed by atoms with Gasteiger partial charge in [-0.25, -0.2) is 9.78 Å². The molecule has 5 rings (SSSR count). The van der Waals surface area contributed by atoms with Gasteiger partial charge in [-0.2, -0.15) is 0 Å². The van der Waals surface area contributed by atoms with Crippen LogP contribution in [0.5, 0.6) is 5.75 Å². The zero-order chi connectivity index (χ0) is 25.6. The molecule has 0 saturated heterocycles. The number of pyridine rings is 1. The average Bonchev–Trinajstić information content (AvgIpc) is 3.60. The molecule has 1 aliphatic rings. The number of hydrogen-bond donors (Lipinski definition) is 0. The molecule has 2 aromatic heterocycles. The molecule has 1 aliphatic carbocycles. The molecule has 1 saturated carbocycles. The number of carbonyl (C=O) groups excluding carboxylic acids is 1. The maximum absolute atomic E-state index is 11.8. The zero-order valence-corrected chi connectivity index (χ0v) is 21.4. The van der Waals surface area contributed by atoms with Crippen LogP contribution >= 0.6 is 0 Å². The molecule has 0 aliphatic heterocycles. The lowest BCUT2D eigenvalue weighted by atomic mass is 10.0. The summed E-state index contributed by atoms with van der Waals surface area (Å²) in [5.41, 5.74) is 5.00. The second-order valence-electron chi connectivity index (χ2n) is 9.41. The smallest absolute Gasteiger partial charge is 0.356 e. The van der Waals surface area contributed by atoms with Gasteiger partial charge in [-0.15, -0.1) is 0 Å². The lowest BCUT2D eigenvalue weighted by molar-refractivity contribution is 0.0416. The lowest BCUT2D eigenvalue weighted by Crippen LogP contribution is -2.09. The first-order valence-electron chi connectivity index (χ1n) is 12.9. The summed E-state index contributed by atoms with van der Waals surface area (Å²) in [5, 5.41) is 5.25. The van der Waals surface area contributed by atoms with Gasteiger partial charge in [0.05, 0.1) is 30.9 Å². The van der Waals surface area contributed by atoms with E-state index in [2.05, 4.69) is 23.1 Å². The van der Waals surface area contributed by atoms with Crippen LogP contribution in [0.15, 0.2) is 59.1 Å². The Bertz CT molecular complexity index is 1360. The maximum atomic E-state index is 11.8. The van der Waals surface area contributed by atoms with E-state index >= 15 is 0 Å². The van der Waals surface area contributed by atoms with Gasteiger partial charge < -0.3 is 18.7 Å². The van der Waals surface area contributed by atoms with E-state index in [0.717, 1.165) is 70.5 Å². The zero-order valence-electron chi connectivity index (χ0n) is 21.4. The standard InChI is InChI=1S/C30H32N2O5/c1-3-6-29-25(28(32-37-29)19-36-23-7-4-5-8-23)18-35-24-13-9-20(10-14-24)21-11-15-26-22(17-21)12-16-27(31-26)30(33)34-2/h9-17,23H,3-8,18-19H2,1-2H3. The van der Waals surface area contributed by atoms with Crippen molar-refractivity contribution in [2.24, 2.45) is 0 Å². The Labute approximate surface area is 216 Å². The summed E-state index contributed by atoms with van der Waals surface area (Å²) in [6.45, 7) is 2.99. The molecule has 1 fully saturated rings. The monoisotopic (exact) mass is 500 g/mol. The third-order valence-corrected chi connectivity index (χ3v) is 6.84. The highest BCUT2D eigenvalue weighted by molar-refractivity contribution is 5.92. The molecular formula is C30H32N2O5. The van der Waals surface area contributed by atoms with Crippen molar-refractivity contribution in [2.75, 3.05) is 7.11 Å². The number of nitrogens with zero attached hydrogens (tertiary/aromatic N) is 2. The van der Waals surface area contributed by atoms with Gasteiger partial charge >= 0.3 is 5.97 Å². The van der Waals surface area contributed by atoms with Crippen molar-refractivity contribution < 1.29 is 23.5 Å². The van der Waals surface area contributed by atoms with Crippen LogP contribution in [-0.4, -0.2) is 29.3 Å². The van der Waals surface area contributed by atoms with Gasteiger partial charge in [0.25, 0.3) is 0 Å². The molecule has 0 spiro atoms. The summed E-state index contributed by atoms with van der Waals surface area (Å²) in [6, 6.07) is 17.6. The van der Waals surface area contributed by atoms with E-state index in [1.807, 2.05) is 42.5 Å². The van der Waals surface area contributed by atoms with Crippen LogP contribution in [0.3, 0.4) is 0 Å². The van der Waals surface area contributed by atoms with E-state index in [-0.39, 0.29) is 0 Å². The summed E-state index contributed by atoms with van der Waals surface area (Å²) >= 11 is 0. The highest BCUT2D eigenvalue weighted by atomic mass is 16.5. The Morgan fingerprint density at radius 2 is 1.78 bits per heavy atom. The highest BCUT2D eigenvalue weighted by Gasteiger charge is 2.20. The molecule has 0 bridgehead atoms. The minimum absolute atomic E-state index is 0.299. The second-order valence-corrected chi connectivity index (χ2v) is 9.41. The SMILES string of the molecule is CCCc1onc(COC2CCCC2)c1COc1ccc(-c2ccc3nc(C(=O)OC)ccc3c2)cc1. The first-order valence-corrected chi connectivity index (χ1v) is 12.9. The molecule has 0 atom stereocenters. The number of benzene rings is 2. The summed E-state index contributed by atoms with van der Waals surface area (Å²) in [4.78, 5) is 16.1. The Balaban J connectivity index is 1.26. The molecule has 192 valence electrons. The van der Waals surface area contributed by atoms with Crippen molar-refractivity contribution >= 4 is 16.9 Å². The van der Waals surface area contributed by atoms with E-state index in [1.54, 1.807) is 6.07 Å². The van der Waals surface area contributed by atoms with Gasteiger partial charge in [-0.3, -0.25) is 0 Å². The van der Waals surface area contributed by atoms with Crippen molar-refractivity contribution in [1.82, 2.24) is 10.1 Å². The Hall–Kier alpha value is -3.71. The van der Waals surface area contributed by atoms with Crippen LogP contribution in [0, 0.1) is 0 Å². The van der Waals surface area contributed by atoms with Gasteiger partial charge in [0.15, 0.2) is 0 Å². The van der Waals surface area contributed by atoms with Crippen LogP contribution in [0.1, 0.15) is 66.5 Å². The fraction of sp³-hybridized carbons (Fsp3) is 0.367. The molecule has 0 amide bonds. The van der Waals surface area contributed by atoms with E-state index < -0.39 is 5.97 Å². The fourth-order valence-electron chi connectivity index (χ4n) is 4.76. The average molecular weight is 501 g/mol. The van der Waals surface area contributed by atoms with Crippen LogP contribution in [0.4, 0.5) is 0 Å². The summed E-state index contributed by atoms with van der Waals surface area (Å²) in [5.74, 6) is 1.22. The Kier molecular flexibility index (Phi) is 7.80. The fourth-order valence-corrected chi connectivity index (χ4v) is 4.76. The predicted molar refractivity (Wildman–Crippen MR) is 140 cm³/mol. The first-order chi connectivity index (χ1) is 18.1. The minimum Gasteiger partial charge on any atom is -0.489 e. The highest BCUT2D eigenvalue weighted by Crippen LogP contribution is 2.28. The van der Waals surface area contributed by atoms with Gasteiger partial charge in [0, 0.05) is 11.8 Å². The topological polar surface area (TPSA) is 83.7 Å². The largest absolute Gasteiger partial charge is 0.489 e. The van der Waals surface area contributed by atoms with E-state index in [9.17, 15) is 4.79 Å². The number of methoxy groups -OCH3 is 1. The van der Waals surface area contributed by atoms with Crippen LogP contribution in [0.2, 0.25) is 0 Å². The van der Waals surface area contributed by atoms with Crippen LogP contribution < -0.4 is 4.74 Å². The number of fused-ring (bicyclic) bond motifs is 1. The number of hydrogen-bond acceptors (Lipinski definition) is 7. The molecule has 7 nitrogen and oxygen atoms in total. The number of carbonyl (C=O) groups is 1. The third kappa shape index (κ3) is 5.83. The number of aryl methyl sites for hydroxylation is 1. The minimum atomic E-state index is -0.442. The molecule has 2 aromatic carbocycles. The van der Waals surface area contributed by atoms with Crippen molar-refractivity contribution in [2.45, 2.75) is 64.8 Å². The van der Waals surface area contributed by atoms with Crippen molar-refractivity contribution in [1.29, 1.82) is 0 Å². The number of rotatable bonds is 10. The quantitative estimate of drug-likeness (QED) is 0.225. The molecule has 4 aromatic rings. The molecule has 37 heavy (non-hydrogen) atoms. The van der Waals surface area contributed by atoms with Gasteiger partial charge in [0.1, 0.15) is 29.5 Å². The Morgan fingerprint density at radius 3 is 2.54 bits per heavy atom. The lowest BCUT2D eigenvalue weighted by Gasteiger charge is -2.11. The molecule has 2 heterocycles. The number of ether oxygens (including phenoxy) is 3. The van der Waals surface area contributed by atoms with Gasteiger partial charge in [-0.05, 0) is 60.7 Å². The van der Waals surface area contributed by atoms with Crippen molar-refractivity contribution in [3.8, 4) is 16.9 Å². The third-order valence-electron chi connectivity index (χ3n) is 6.84. The van der Waals surface area contributed by atoms with E-state index in [0.29, 0.717) is 25.0 Å². The van der Waals surface area contributed by atoms with Gasteiger partial charge in [0.2, 0.25) is 0 Å². The molecule has 0 unspecified atom stereocenters. The molecular weight excluding hydrogens is 468 g/mol. The summed E-state index contributed by atoms with van der Waals surface area (Å²) in [7, 11) is 1.35. The van der Waals surface area contributed by atoms with Gasteiger partial charge in [-0.1, -0.05) is 49.2 Å². The van der Waals surface area contributed by atoms with E-state index in [1.165, 1.54) is 20.0 Å². The predicted octanol–water partition coefficient (Wildman–Crippen LogP) is 6.67. The molecule has 7 heteroatoms. The van der Waals surface area contributed by atoms with Crippen LogP contribution in [0.25, 0.3) is 22.0 Å². The van der Waals surface area contributed by atoms with E-state index in [4.69, 9.17) is 18.7 Å². The maximum Gasteiger partial charge on any atom is 0.356 e. The van der Waals surface area contributed by atoms with Crippen LogP contribution in [-0.2, 0) is 29.1 Å². The van der Waals surface area contributed by atoms with Crippen molar-refractivity contribution in [3.05, 3.63) is 77.3 Å². The first kappa shape index (κ1) is 25.0. The second kappa shape index (κ2) is 11.6. The Morgan fingerprint density at radius 1 is 1.00 bits per heavy atom. The normalized spacial score (nSPS) is 13.8. The summed E-state index contributed by atoms with van der Waals surface area (Å²) < 4.78 is 22.6. The number of esters is 1.